The summed E-state index contributed by atoms with van der Waals surface area (Å²) in [6.45, 7) is 5.16. The number of nitrogens with zero attached hydrogens (tertiary/aromatic N) is 1. The van der Waals surface area contributed by atoms with Crippen molar-refractivity contribution in [3.63, 3.8) is 0 Å². The van der Waals surface area contributed by atoms with Crippen molar-refractivity contribution in [3.8, 4) is 0 Å². The maximum Gasteiger partial charge on any atom is 0.310 e. The molecule has 22 heavy (non-hydrogen) atoms. The number of methoxy groups -OCH3 is 2. The molecular weight excluding hydrogens is 282 g/mol. The zero-order valence-corrected chi connectivity index (χ0v) is 13.8. The lowest BCUT2D eigenvalue weighted by Crippen LogP contribution is -2.38. The van der Waals surface area contributed by atoms with E-state index in [1.807, 2.05) is 25.1 Å². The summed E-state index contributed by atoms with van der Waals surface area (Å²) in [4.78, 5) is 26.0. The van der Waals surface area contributed by atoms with Crippen LogP contribution in [0, 0.1) is 12.8 Å². The fourth-order valence-electron chi connectivity index (χ4n) is 2.24. The van der Waals surface area contributed by atoms with Crippen LogP contribution >= 0.6 is 0 Å². The third-order valence-corrected chi connectivity index (χ3v) is 3.43. The second-order valence-corrected chi connectivity index (χ2v) is 5.39. The van der Waals surface area contributed by atoms with Gasteiger partial charge in [-0.1, -0.05) is 24.6 Å². The monoisotopic (exact) mass is 307 g/mol. The summed E-state index contributed by atoms with van der Waals surface area (Å²) >= 11 is 0. The van der Waals surface area contributed by atoms with Gasteiger partial charge in [0.25, 0.3) is 5.91 Å². The average molecular weight is 307 g/mol. The number of rotatable bonds is 8. The predicted molar refractivity (Wildman–Crippen MR) is 84.8 cm³/mol. The van der Waals surface area contributed by atoms with Crippen molar-refractivity contribution < 1.29 is 19.1 Å². The SMILES string of the molecule is COCCCN(CC(C)C(=O)OC)C(=O)c1cccc(C)c1. The number of carbonyl (C=O) groups excluding carboxylic acids is 2. The Morgan fingerprint density at radius 3 is 2.59 bits per heavy atom. The number of hydrogen-bond acceptors (Lipinski definition) is 4. The number of carbonyl (C=O) groups is 2. The molecule has 0 saturated heterocycles. The molecule has 0 spiro atoms. The van der Waals surface area contributed by atoms with Crippen molar-refractivity contribution >= 4 is 11.9 Å². The van der Waals surface area contributed by atoms with Crippen LogP contribution in [-0.2, 0) is 14.3 Å². The van der Waals surface area contributed by atoms with E-state index in [9.17, 15) is 9.59 Å². The zero-order valence-electron chi connectivity index (χ0n) is 13.8. The third-order valence-electron chi connectivity index (χ3n) is 3.43. The molecule has 1 amide bonds. The minimum Gasteiger partial charge on any atom is -0.469 e. The van der Waals surface area contributed by atoms with Gasteiger partial charge in [0.1, 0.15) is 0 Å². The van der Waals surface area contributed by atoms with E-state index in [2.05, 4.69) is 0 Å². The highest BCUT2D eigenvalue weighted by molar-refractivity contribution is 5.94. The van der Waals surface area contributed by atoms with E-state index in [0.29, 0.717) is 25.3 Å². The van der Waals surface area contributed by atoms with Gasteiger partial charge in [0.05, 0.1) is 13.0 Å². The molecule has 0 fully saturated rings. The predicted octanol–water partition coefficient (Wildman–Crippen LogP) is 2.28. The fourth-order valence-corrected chi connectivity index (χ4v) is 2.24. The van der Waals surface area contributed by atoms with Gasteiger partial charge in [-0.25, -0.2) is 0 Å². The molecule has 0 radical (unpaired) electrons. The quantitative estimate of drug-likeness (QED) is 0.546. The first kappa shape index (κ1) is 18.2. The summed E-state index contributed by atoms with van der Waals surface area (Å²) < 4.78 is 9.78. The van der Waals surface area contributed by atoms with E-state index in [1.165, 1.54) is 7.11 Å². The summed E-state index contributed by atoms with van der Waals surface area (Å²) in [7, 11) is 2.99. The van der Waals surface area contributed by atoms with Gasteiger partial charge in [-0.2, -0.15) is 0 Å². The van der Waals surface area contributed by atoms with Gasteiger partial charge in [-0.3, -0.25) is 9.59 Å². The molecule has 0 saturated carbocycles. The standard InChI is InChI=1S/C17H25NO4/c1-13-7-5-8-15(11-13)16(19)18(9-6-10-21-3)12-14(2)17(20)22-4/h5,7-8,11,14H,6,9-10,12H2,1-4H3. The molecular formula is C17H25NO4. The van der Waals surface area contributed by atoms with Gasteiger partial charge in [0.15, 0.2) is 0 Å². The van der Waals surface area contributed by atoms with Gasteiger partial charge in [-0.15, -0.1) is 0 Å². The van der Waals surface area contributed by atoms with Crippen molar-refractivity contribution in [2.45, 2.75) is 20.3 Å². The Balaban J connectivity index is 2.83. The van der Waals surface area contributed by atoms with E-state index < -0.39 is 0 Å². The summed E-state index contributed by atoms with van der Waals surface area (Å²) in [5.41, 5.74) is 1.66. The van der Waals surface area contributed by atoms with E-state index in [1.54, 1.807) is 25.0 Å². The Labute approximate surface area is 132 Å². The number of hydrogen-bond donors (Lipinski definition) is 0. The normalized spacial score (nSPS) is 11.8. The minimum absolute atomic E-state index is 0.0736. The molecule has 122 valence electrons. The van der Waals surface area contributed by atoms with Crippen LogP contribution in [0.4, 0.5) is 0 Å². The van der Waals surface area contributed by atoms with Crippen molar-refractivity contribution in [3.05, 3.63) is 35.4 Å². The van der Waals surface area contributed by atoms with Gasteiger partial charge in [0.2, 0.25) is 0 Å². The van der Waals surface area contributed by atoms with Gasteiger partial charge in [0, 0.05) is 32.4 Å². The Morgan fingerprint density at radius 2 is 2.00 bits per heavy atom. The number of esters is 1. The Morgan fingerprint density at radius 1 is 1.27 bits per heavy atom. The fraction of sp³-hybridized carbons (Fsp3) is 0.529. The molecule has 1 rings (SSSR count). The Hall–Kier alpha value is -1.88. The van der Waals surface area contributed by atoms with Crippen LogP contribution in [0.1, 0.15) is 29.3 Å². The van der Waals surface area contributed by atoms with Crippen LogP contribution in [0.3, 0.4) is 0 Å². The summed E-state index contributed by atoms with van der Waals surface area (Å²) in [6, 6.07) is 7.46. The Bertz CT molecular complexity index is 501. The molecule has 5 nitrogen and oxygen atoms in total. The van der Waals surface area contributed by atoms with E-state index in [4.69, 9.17) is 9.47 Å². The zero-order chi connectivity index (χ0) is 16.5. The Kier molecular flexibility index (Phi) is 7.60. The first-order valence-corrected chi connectivity index (χ1v) is 7.42. The largest absolute Gasteiger partial charge is 0.469 e. The highest BCUT2D eigenvalue weighted by Crippen LogP contribution is 2.11. The minimum atomic E-state index is -0.360. The molecule has 0 aliphatic heterocycles. The third kappa shape index (κ3) is 5.48. The number of ether oxygens (including phenoxy) is 2. The van der Waals surface area contributed by atoms with Crippen molar-refractivity contribution in [1.29, 1.82) is 0 Å². The molecule has 1 aromatic rings. The summed E-state index contributed by atoms with van der Waals surface area (Å²) in [6.07, 6.45) is 0.724. The van der Waals surface area contributed by atoms with Crippen LogP contribution in [-0.4, -0.2) is 50.7 Å². The smallest absolute Gasteiger partial charge is 0.310 e. The van der Waals surface area contributed by atoms with E-state index >= 15 is 0 Å². The van der Waals surface area contributed by atoms with Crippen LogP contribution in [0.2, 0.25) is 0 Å². The van der Waals surface area contributed by atoms with Crippen LogP contribution in [0.25, 0.3) is 0 Å². The van der Waals surface area contributed by atoms with E-state index in [-0.39, 0.29) is 17.8 Å². The van der Waals surface area contributed by atoms with Crippen molar-refractivity contribution in [1.82, 2.24) is 4.90 Å². The molecule has 1 aromatic carbocycles. The lowest BCUT2D eigenvalue weighted by atomic mass is 10.1. The lowest BCUT2D eigenvalue weighted by molar-refractivity contribution is -0.145. The molecule has 1 unspecified atom stereocenters. The van der Waals surface area contributed by atoms with Gasteiger partial charge in [-0.05, 0) is 25.5 Å². The molecule has 1 atom stereocenters. The molecule has 0 aliphatic rings. The van der Waals surface area contributed by atoms with Crippen LogP contribution in [0.15, 0.2) is 24.3 Å². The number of benzene rings is 1. The molecule has 0 N–H and O–H groups in total. The second kappa shape index (κ2) is 9.20. The first-order valence-electron chi connectivity index (χ1n) is 7.42. The number of amides is 1. The van der Waals surface area contributed by atoms with Crippen LogP contribution in [0.5, 0.6) is 0 Å². The molecule has 0 aliphatic carbocycles. The molecule has 5 heteroatoms. The second-order valence-electron chi connectivity index (χ2n) is 5.39. The summed E-state index contributed by atoms with van der Waals surface area (Å²) in [5.74, 6) is -0.745. The highest BCUT2D eigenvalue weighted by Gasteiger charge is 2.22. The highest BCUT2D eigenvalue weighted by atomic mass is 16.5. The average Bonchev–Trinajstić information content (AvgIpc) is 2.52. The first-order chi connectivity index (χ1) is 10.5. The maximum absolute atomic E-state index is 12.7. The molecule has 0 bridgehead atoms. The maximum atomic E-state index is 12.7. The van der Waals surface area contributed by atoms with E-state index in [0.717, 1.165) is 12.0 Å². The van der Waals surface area contributed by atoms with Gasteiger partial charge < -0.3 is 14.4 Å². The lowest BCUT2D eigenvalue weighted by Gasteiger charge is -2.25. The topological polar surface area (TPSA) is 55.8 Å². The van der Waals surface area contributed by atoms with Crippen molar-refractivity contribution in [2.24, 2.45) is 5.92 Å². The van der Waals surface area contributed by atoms with Crippen molar-refractivity contribution in [2.75, 3.05) is 33.9 Å². The van der Waals surface area contributed by atoms with Gasteiger partial charge >= 0.3 is 5.97 Å². The summed E-state index contributed by atoms with van der Waals surface area (Å²) in [5, 5.41) is 0. The number of aryl methyl sites for hydroxylation is 1. The molecule has 0 aromatic heterocycles. The molecule has 0 heterocycles. The van der Waals surface area contributed by atoms with Crippen LogP contribution < -0.4 is 0 Å².